The predicted octanol–water partition coefficient (Wildman–Crippen LogP) is 3.02. The maximum Gasteiger partial charge on any atom is 0.0817 e. The number of thiophene rings is 1. The summed E-state index contributed by atoms with van der Waals surface area (Å²) in [5.74, 6) is 0. The minimum absolute atomic E-state index is 0.0542. The highest BCUT2D eigenvalue weighted by Gasteiger charge is 2.16. The van der Waals surface area contributed by atoms with Gasteiger partial charge < -0.3 is 5.73 Å². The predicted molar refractivity (Wildman–Crippen MR) is 72.3 cm³/mol. The number of aryl methyl sites for hydroxylation is 3. The fourth-order valence-corrected chi connectivity index (χ4v) is 2.96. The first-order chi connectivity index (χ1) is 8.13. The Hall–Kier alpha value is -1.13. The molecule has 0 aliphatic carbocycles. The molecule has 0 aromatic carbocycles. The van der Waals surface area contributed by atoms with Crippen LogP contribution in [0.1, 0.15) is 40.4 Å². The molecule has 2 rings (SSSR count). The van der Waals surface area contributed by atoms with Crippen molar-refractivity contribution in [1.29, 1.82) is 0 Å². The van der Waals surface area contributed by atoms with Crippen LogP contribution in [0.5, 0.6) is 0 Å². The number of rotatable bonds is 4. The van der Waals surface area contributed by atoms with Gasteiger partial charge in [-0.1, -0.05) is 6.92 Å². The van der Waals surface area contributed by atoms with Crippen LogP contribution in [0.15, 0.2) is 18.3 Å². The maximum absolute atomic E-state index is 6.32. The summed E-state index contributed by atoms with van der Waals surface area (Å²) in [6, 6.07) is 4.15. The monoisotopic (exact) mass is 249 g/mol. The fourth-order valence-electron chi connectivity index (χ4n) is 1.91. The van der Waals surface area contributed by atoms with E-state index in [1.165, 1.54) is 15.3 Å². The summed E-state index contributed by atoms with van der Waals surface area (Å²) in [5.41, 5.74) is 8.75. The quantitative estimate of drug-likeness (QED) is 0.905. The molecule has 2 heterocycles. The zero-order chi connectivity index (χ0) is 12.4. The molecule has 1 atom stereocenters. The van der Waals surface area contributed by atoms with E-state index in [-0.39, 0.29) is 6.04 Å². The Labute approximate surface area is 106 Å². The van der Waals surface area contributed by atoms with E-state index in [1.54, 1.807) is 11.3 Å². The van der Waals surface area contributed by atoms with E-state index >= 15 is 0 Å². The molecule has 0 bridgehead atoms. The Balaban J connectivity index is 2.29. The molecule has 2 aromatic heterocycles. The van der Waals surface area contributed by atoms with Crippen LogP contribution in [0.4, 0.5) is 0 Å². The molecule has 1 unspecified atom stereocenters. The lowest BCUT2D eigenvalue weighted by molar-refractivity contribution is 0.561. The van der Waals surface area contributed by atoms with Gasteiger partial charge >= 0.3 is 0 Å². The second kappa shape index (κ2) is 5.02. The van der Waals surface area contributed by atoms with Crippen molar-refractivity contribution in [3.8, 4) is 0 Å². The van der Waals surface area contributed by atoms with Crippen LogP contribution in [0, 0.1) is 13.8 Å². The first kappa shape index (κ1) is 12.3. The number of nitrogens with two attached hydrogens (primary N) is 1. The van der Waals surface area contributed by atoms with Crippen LogP contribution in [0.3, 0.4) is 0 Å². The first-order valence-electron chi connectivity index (χ1n) is 5.97. The van der Waals surface area contributed by atoms with Crippen LogP contribution in [-0.4, -0.2) is 9.78 Å². The minimum Gasteiger partial charge on any atom is -0.318 e. The van der Waals surface area contributed by atoms with Gasteiger partial charge in [0, 0.05) is 22.5 Å². The number of hydrogen-bond donors (Lipinski definition) is 1. The number of nitrogens with zero attached hydrogens (tertiary/aromatic N) is 2. The summed E-state index contributed by atoms with van der Waals surface area (Å²) in [5, 5.41) is 4.32. The normalized spacial score (nSPS) is 12.9. The second-order valence-corrected chi connectivity index (χ2v) is 5.63. The lowest BCUT2D eigenvalue weighted by Crippen LogP contribution is -2.16. The Morgan fingerprint density at radius 1 is 1.47 bits per heavy atom. The highest BCUT2D eigenvalue weighted by molar-refractivity contribution is 7.12. The van der Waals surface area contributed by atoms with Gasteiger partial charge in [0.2, 0.25) is 0 Å². The van der Waals surface area contributed by atoms with Crippen molar-refractivity contribution in [2.75, 3.05) is 0 Å². The zero-order valence-corrected chi connectivity index (χ0v) is 11.4. The molecular weight excluding hydrogens is 230 g/mol. The first-order valence-corrected chi connectivity index (χ1v) is 6.79. The van der Waals surface area contributed by atoms with E-state index in [9.17, 15) is 0 Å². The number of hydrogen-bond acceptors (Lipinski definition) is 3. The molecule has 0 spiro atoms. The van der Waals surface area contributed by atoms with Gasteiger partial charge in [0.1, 0.15) is 0 Å². The number of aromatic nitrogens is 2. The highest BCUT2D eigenvalue weighted by atomic mass is 32.1. The zero-order valence-electron chi connectivity index (χ0n) is 10.6. The lowest BCUT2D eigenvalue weighted by Gasteiger charge is -2.12. The molecule has 0 amide bonds. The average molecular weight is 249 g/mol. The molecule has 0 aliphatic rings. The molecular formula is C13H19N3S. The van der Waals surface area contributed by atoms with Gasteiger partial charge in [0.15, 0.2) is 0 Å². The van der Waals surface area contributed by atoms with Crippen molar-refractivity contribution >= 4 is 11.3 Å². The molecule has 4 heteroatoms. The third kappa shape index (κ3) is 2.42. The molecule has 3 nitrogen and oxygen atoms in total. The standard InChI is InChI=1S/C13H19N3S/c1-4-7-16-11(5-6-15-16)13(14)12-8-9(2)10(3)17-12/h5-6,8,13H,4,7,14H2,1-3H3. The molecule has 17 heavy (non-hydrogen) atoms. The van der Waals surface area contributed by atoms with Gasteiger partial charge in [-0.25, -0.2) is 0 Å². The van der Waals surface area contributed by atoms with Crippen LogP contribution in [0.2, 0.25) is 0 Å². The van der Waals surface area contributed by atoms with Gasteiger partial charge in [-0.05, 0) is 38.0 Å². The molecule has 0 fully saturated rings. The van der Waals surface area contributed by atoms with E-state index in [0.717, 1.165) is 18.7 Å². The average Bonchev–Trinajstić information content (AvgIpc) is 2.87. The third-order valence-electron chi connectivity index (χ3n) is 3.00. The van der Waals surface area contributed by atoms with Crippen LogP contribution >= 0.6 is 11.3 Å². The SMILES string of the molecule is CCCn1nccc1C(N)c1cc(C)c(C)s1. The molecule has 0 saturated heterocycles. The Morgan fingerprint density at radius 3 is 2.82 bits per heavy atom. The van der Waals surface area contributed by atoms with Gasteiger partial charge in [0.25, 0.3) is 0 Å². The van der Waals surface area contributed by atoms with Crippen molar-refractivity contribution in [1.82, 2.24) is 9.78 Å². The van der Waals surface area contributed by atoms with Crippen molar-refractivity contribution in [2.24, 2.45) is 5.73 Å². The summed E-state index contributed by atoms with van der Waals surface area (Å²) >= 11 is 1.78. The second-order valence-electron chi connectivity index (χ2n) is 4.34. The van der Waals surface area contributed by atoms with Gasteiger partial charge in [-0.3, -0.25) is 4.68 Å². The summed E-state index contributed by atoms with van der Waals surface area (Å²) < 4.78 is 2.01. The van der Waals surface area contributed by atoms with E-state index in [2.05, 4.69) is 31.9 Å². The maximum atomic E-state index is 6.32. The molecule has 0 radical (unpaired) electrons. The summed E-state index contributed by atoms with van der Waals surface area (Å²) in [7, 11) is 0. The van der Waals surface area contributed by atoms with E-state index < -0.39 is 0 Å². The molecule has 0 aliphatic heterocycles. The topological polar surface area (TPSA) is 43.8 Å². The Bertz CT molecular complexity index is 479. The van der Waals surface area contributed by atoms with Crippen molar-refractivity contribution < 1.29 is 0 Å². The largest absolute Gasteiger partial charge is 0.318 e. The van der Waals surface area contributed by atoms with Crippen molar-refractivity contribution in [3.05, 3.63) is 39.3 Å². The summed E-state index contributed by atoms with van der Waals surface area (Å²) in [6.45, 7) is 7.35. The van der Waals surface area contributed by atoms with Crippen LogP contribution in [-0.2, 0) is 6.54 Å². The Kier molecular flexibility index (Phi) is 3.64. The summed E-state index contributed by atoms with van der Waals surface area (Å²) in [4.78, 5) is 2.56. The highest BCUT2D eigenvalue weighted by Crippen LogP contribution is 2.29. The minimum atomic E-state index is -0.0542. The lowest BCUT2D eigenvalue weighted by atomic mass is 10.1. The van der Waals surface area contributed by atoms with Crippen LogP contribution in [0.25, 0.3) is 0 Å². The van der Waals surface area contributed by atoms with Gasteiger partial charge in [-0.2, -0.15) is 5.10 Å². The third-order valence-corrected chi connectivity index (χ3v) is 4.23. The molecule has 0 saturated carbocycles. The van der Waals surface area contributed by atoms with Gasteiger partial charge in [0.05, 0.1) is 11.7 Å². The van der Waals surface area contributed by atoms with E-state index in [1.807, 2.05) is 16.9 Å². The van der Waals surface area contributed by atoms with Crippen molar-refractivity contribution in [2.45, 2.75) is 39.8 Å². The van der Waals surface area contributed by atoms with Crippen molar-refractivity contribution in [3.63, 3.8) is 0 Å². The molecule has 2 aromatic rings. The molecule has 2 N–H and O–H groups in total. The smallest absolute Gasteiger partial charge is 0.0817 e. The molecule has 92 valence electrons. The fraction of sp³-hybridized carbons (Fsp3) is 0.462. The van der Waals surface area contributed by atoms with E-state index in [0.29, 0.717) is 0 Å². The Morgan fingerprint density at radius 2 is 2.24 bits per heavy atom. The van der Waals surface area contributed by atoms with Gasteiger partial charge in [-0.15, -0.1) is 11.3 Å². The van der Waals surface area contributed by atoms with Crippen LogP contribution < -0.4 is 5.73 Å². The summed E-state index contributed by atoms with van der Waals surface area (Å²) in [6.07, 6.45) is 2.90. The van der Waals surface area contributed by atoms with E-state index in [4.69, 9.17) is 5.73 Å².